The minimum Gasteiger partial charge on any atom is -0.369 e. The topological polar surface area (TPSA) is 107 Å². The van der Waals surface area contributed by atoms with Crippen molar-refractivity contribution in [2.75, 3.05) is 61.9 Å². The molecule has 9 nitrogen and oxygen atoms in total. The number of aryl methyl sites for hydroxylation is 1. The number of fused-ring (bicyclic) bond motifs is 2. The molecule has 0 spiro atoms. The van der Waals surface area contributed by atoms with Crippen LogP contribution in [0, 0.1) is 23.7 Å². The number of rotatable bonds is 12. The fraction of sp³-hybridized carbons (Fsp3) is 0.767. The summed E-state index contributed by atoms with van der Waals surface area (Å²) >= 11 is 0. The molecule has 1 N–H and O–H groups in total. The average Bonchev–Trinajstić information content (AvgIpc) is 3.25. The maximum atomic E-state index is 14.0. The van der Waals surface area contributed by atoms with Gasteiger partial charge >= 0.3 is 0 Å². The Labute approximate surface area is 248 Å². The van der Waals surface area contributed by atoms with E-state index in [1.807, 2.05) is 30.9 Å². The third-order valence-corrected chi connectivity index (χ3v) is 13.6. The van der Waals surface area contributed by atoms with Crippen LogP contribution in [-0.2, 0) is 24.7 Å². The normalized spacial score (nSPS) is 27.3. The van der Waals surface area contributed by atoms with Gasteiger partial charge in [0.1, 0.15) is 9.84 Å². The summed E-state index contributed by atoms with van der Waals surface area (Å²) in [5.41, 5.74) is 1.54. The highest BCUT2D eigenvalue weighted by Gasteiger charge is 2.66. The SMILES string of the molecule is CCN(CC)[C@@H](CCS(C)(=O)=O)C(=O)N[C@H]1C[C@H]2CC[C@]1(CS(=O)(=O)N1CCN(c3ccccc3C)CC1)C2(C)C. The summed E-state index contributed by atoms with van der Waals surface area (Å²) in [6, 6.07) is 7.38. The van der Waals surface area contributed by atoms with Crippen LogP contribution in [0.2, 0.25) is 0 Å². The van der Waals surface area contributed by atoms with Crippen molar-refractivity contribution in [3.05, 3.63) is 29.8 Å². The van der Waals surface area contributed by atoms with Crippen LogP contribution in [0.3, 0.4) is 0 Å². The molecule has 1 aromatic carbocycles. The van der Waals surface area contributed by atoms with Crippen molar-refractivity contribution >= 4 is 31.5 Å². The largest absolute Gasteiger partial charge is 0.369 e. The van der Waals surface area contributed by atoms with Gasteiger partial charge in [0, 0.05) is 49.6 Å². The summed E-state index contributed by atoms with van der Waals surface area (Å²) in [5, 5.41) is 3.29. The lowest BCUT2D eigenvalue weighted by Gasteiger charge is -2.45. The molecule has 1 amide bonds. The van der Waals surface area contributed by atoms with Gasteiger partial charge in [-0.15, -0.1) is 0 Å². The third-order valence-electron chi connectivity index (χ3n) is 10.6. The van der Waals surface area contributed by atoms with Crippen LogP contribution in [0.5, 0.6) is 0 Å². The lowest BCUT2D eigenvalue weighted by Crippen LogP contribution is -2.58. The molecular formula is C30H50N4O5S2. The molecule has 1 saturated heterocycles. The molecule has 2 bridgehead atoms. The predicted molar refractivity (Wildman–Crippen MR) is 165 cm³/mol. The fourth-order valence-electron chi connectivity index (χ4n) is 7.90. The molecule has 3 fully saturated rings. The average molecular weight is 611 g/mol. The van der Waals surface area contributed by atoms with E-state index in [0.29, 0.717) is 45.2 Å². The summed E-state index contributed by atoms with van der Waals surface area (Å²) in [6.45, 7) is 13.8. The number of hydrogen-bond acceptors (Lipinski definition) is 7. The van der Waals surface area contributed by atoms with Gasteiger partial charge in [-0.05, 0) is 68.7 Å². The number of para-hydroxylation sites is 1. The van der Waals surface area contributed by atoms with Crippen molar-refractivity contribution in [3.63, 3.8) is 0 Å². The second-order valence-electron chi connectivity index (χ2n) is 13.0. The number of benzene rings is 1. The molecule has 11 heteroatoms. The van der Waals surface area contributed by atoms with Gasteiger partial charge in [0.25, 0.3) is 0 Å². The monoisotopic (exact) mass is 610 g/mol. The van der Waals surface area contributed by atoms with Gasteiger partial charge in [0.15, 0.2) is 0 Å². The summed E-state index contributed by atoms with van der Waals surface area (Å²) in [7, 11) is -6.80. The fourth-order valence-corrected chi connectivity index (χ4v) is 10.8. The molecule has 1 aromatic rings. The summed E-state index contributed by atoms with van der Waals surface area (Å²) in [5.74, 6) is 0.116. The van der Waals surface area contributed by atoms with Gasteiger partial charge in [0.05, 0.1) is 17.5 Å². The number of piperazine rings is 1. The van der Waals surface area contributed by atoms with E-state index in [9.17, 15) is 21.6 Å². The van der Waals surface area contributed by atoms with E-state index in [1.165, 1.54) is 11.8 Å². The molecular weight excluding hydrogens is 560 g/mol. The molecule has 2 aliphatic carbocycles. The van der Waals surface area contributed by atoms with E-state index < -0.39 is 31.3 Å². The zero-order valence-electron chi connectivity index (χ0n) is 25.7. The van der Waals surface area contributed by atoms with Crippen LogP contribution in [0.4, 0.5) is 5.69 Å². The lowest BCUT2D eigenvalue weighted by molar-refractivity contribution is -0.128. The van der Waals surface area contributed by atoms with E-state index in [4.69, 9.17) is 0 Å². The third kappa shape index (κ3) is 6.48. The van der Waals surface area contributed by atoms with Crippen LogP contribution < -0.4 is 10.2 Å². The molecule has 3 aliphatic rings. The van der Waals surface area contributed by atoms with Gasteiger partial charge in [-0.25, -0.2) is 16.8 Å². The van der Waals surface area contributed by atoms with Crippen LogP contribution in [0.1, 0.15) is 58.9 Å². The molecule has 2 saturated carbocycles. The van der Waals surface area contributed by atoms with Gasteiger partial charge in [-0.3, -0.25) is 9.69 Å². The zero-order chi connectivity index (χ0) is 30.2. The molecule has 4 atom stereocenters. The van der Waals surface area contributed by atoms with Gasteiger partial charge in [-0.1, -0.05) is 45.9 Å². The summed E-state index contributed by atoms with van der Waals surface area (Å²) in [4.78, 5) is 18.0. The van der Waals surface area contributed by atoms with Crippen molar-refractivity contribution in [2.24, 2.45) is 16.7 Å². The summed E-state index contributed by atoms with van der Waals surface area (Å²) < 4.78 is 53.6. The molecule has 4 rings (SSSR count). The molecule has 0 aromatic heterocycles. The second-order valence-corrected chi connectivity index (χ2v) is 17.2. The van der Waals surface area contributed by atoms with Crippen LogP contribution in [0.15, 0.2) is 24.3 Å². The standard InChI is InChI=1S/C30H50N4O5S2/c1-7-32(8-2)26(14-20-40(6,36)37)28(35)31-27-21-24-13-15-30(27,29(24,4)5)22-41(38,39)34-18-16-33(17-19-34)25-12-10-9-11-23(25)3/h9-12,24,26-27H,7-8,13-22H2,1-6H3,(H,31,35)/t24-,26+,27+,30-/m1/s1. The molecule has 0 radical (unpaired) electrons. The molecule has 41 heavy (non-hydrogen) atoms. The van der Waals surface area contributed by atoms with Gasteiger partial charge in [-0.2, -0.15) is 4.31 Å². The summed E-state index contributed by atoms with van der Waals surface area (Å²) in [6.07, 6.45) is 3.90. The van der Waals surface area contributed by atoms with Gasteiger partial charge in [0.2, 0.25) is 15.9 Å². The van der Waals surface area contributed by atoms with E-state index in [1.54, 1.807) is 4.31 Å². The second kappa shape index (κ2) is 12.1. The Balaban J connectivity index is 1.51. The minimum atomic E-state index is -3.58. The number of carbonyl (C=O) groups is 1. The highest BCUT2D eigenvalue weighted by atomic mass is 32.2. The number of likely N-dealkylation sites (N-methyl/N-ethyl adjacent to an activating group) is 1. The Morgan fingerprint density at radius 1 is 1.07 bits per heavy atom. The quantitative estimate of drug-likeness (QED) is 0.388. The number of anilines is 1. The lowest BCUT2D eigenvalue weighted by atomic mass is 9.69. The van der Waals surface area contributed by atoms with Crippen LogP contribution in [-0.4, -0.2) is 101 Å². The maximum absolute atomic E-state index is 14.0. The first-order valence-electron chi connectivity index (χ1n) is 15.2. The van der Waals surface area contributed by atoms with Crippen molar-refractivity contribution in [2.45, 2.75) is 72.4 Å². The number of amides is 1. The predicted octanol–water partition coefficient (Wildman–Crippen LogP) is 2.90. The number of sulfonamides is 1. The number of carbonyl (C=O) groups excluding carboxylic acids is 1. The highest BCUT2D eigenvalue weighted by molar-refractivity contribution is 7.90. The minimum absolute atomic E-state index is 0.0259. The Morgan fingerprint density at radius 3 is 2.27 bits per heavy atom. The molecule has 1 aliphatic heterocycles. The van der Waals surface area contributed by atoms with E-state index in [2.05, 4.69) is 43.1 Å². The Kier molecular flexibility index (Phi) is 9.53. The first kappa shape index (κ1) is 32.2. The first-order valence-corrected chi connectivity index (χ1v) is 18.8. The Morgan fingerprint density at radius 2 is 1.71 bits per heavy atom. The van der Waals surface area contributed by atoms with Crippen LogP contribution in [0.25, 0.3) is 0 Å². The van der Waals surface area contributed by atoms with Crippen molar-refractivity contribution < 1.29 is 21.6 Å². The number of nitrogens with one attached hydrogen (secondary N) is 1. The molecule has 0 unspecified atom stereocenters. The molecule has 1 heterocycles. The van der Waals surface area contributed by atoms with Crippen molar-refractivity contribution in [3.8, 4) is 0 Å². The number of hydrogen-bond donors (Lipinski definition) is 1. The Bertz CT molecular complexity index is 1300. The van der Waals surface area contributed by atoms with Crippen molar-refractivity contribution in [1.29, 1.82) is 0 Å². The Hall–Kier alpha value is -1.69. The van der Waals surface area contributed by atoms with E-state index in [-0.39, 0.29) is 35.3 Å². The van der Waals surface area contributed by atoms with Crippen molar-refractivity contribution in [1.82, 2.24) is 14.5 Å². The number of nitrogens with zero attached hydrogens (tertiary/aromatic N) is 3. The number of sulfone groups is 1. The van der Waals surface area contributed by atoms with Crippen LogP contribution >= 0.6 is 0 Å². The highest BCUT2D eigenvalue weighted by Crippen LogP contribution is 2.66. The smallest absolute Gasteiger partial charge is 0.237 e. The molecule has 232 valence electrons. The maximum Gasteiger partial charge on any atom is 0.237 e. The van der Waals surface area contributed by atoms with E-state index in [0.717, 1.165) is 24.9 Å². The van der Waals surface area contributed by atoms with E-state index >= 15 is 0 Å². The van der Waals surface area contributed by atoms with Gasteiger partial charge < -0.3 is 10.2 Å². The zero-order valence-corrected chi connectivity index (χ0v) is 27.4. The first-order chi connectivity index (χ1) is 19.1.